The molecule has 4 aliphatic carbocycles. The van der Waals surface area contributed by atoms with E-state index in [0.717, 1.165) is 72.5 Å². The largest absolute Gasteiger partial charge is 0.496 e. The minimum absolute atomic E-state index is 0.146. The Morgan fingerprint density at radius 1 is 0.868 bits per heavy atom. The molecule has 1 N–H and O–H groups in total. The summed E-state index contributed by atoms with van der Waals surface area (Å²) in [4.78, 5) is 15.1. The average molecular weight is 507 g/mol. The van der Waals surface area contributed by atoms with Gasteiger partial charge in [0, 0.05) is 30.8 Å². The maximum atomic E-state index is 13.2. The van der Waals surface area contributed by atoms with Crippen LogP contribution in [0.1, 0.15) is 60.9 Å². The first kappa shape index (κ1) is 23.1. The number of fused-ring (bicyclic) bond motifs is 3. The highest BCUT2D eigenvalue weighted by atomic mass is 16.5. The highest BCUT2D eigenvalue weighted by Crippen LogP contribution is 2.79. The van der Waals surface area contributed by atoms with Gasteiger partial charge < -0.3 is 15.0 Å². The highest BCUT2D eigenvalue weighted by molar-refractivity contribution is 5.99. The zero-order valence-electron chi connectivity index (χ0n) is 22.5. The number of rotatable bonds is 4. The second kappa shape index (κ2) is 8.32. The van der Waals surface area contributed by atoms with Gasteiger partial charge in [0.1, 0.15) is 5.75 Å². The first-order valence-corrected chi connectivity index (χ1v) is 14.8. The fraction of sp³-hybridized carbons (Fsp3) is 0.500. The number of amides is 1. The quantitative estimate of drug-likeness (QED) is 0.444. The summed E-state index contributed by atoms with van der Waals surface area (Å²) in [6, 6.07) is 19.8. The van der Waals surface area contributed by atoms with Gasteiger partial charge in [0.05, 0.1) is 7.11 Å². The Labute approximate surface area is 225 Å². The van der Waals surface area contributed by atoms with Crippen LogP contribution in [-0.2, 0) is 5.41 Å². The predicted octanol–water partition coefficient (Wildman–Crippen LogP) is 6.42. The van der Waals surface area contributed by atoms with Gasteiger partial charge in [-0.15, -0.1) is 0 Å². The zero-order chi connectivity index (χ0) is 25.5. The molecule has 5 atom stereocenters. The number of hydrogen-bond donors (Lipinski definition) is 1. The summed E-state index contributed by atoms with van der Waals surface area (Å²) in [6.07, 6.45) is 9.55. The lowest BCUT2D eigenvalue weighted by Gasteiger charge is -2.46. The van der Waals surface area contributed by atoms with Gasteiger partial charge in [-0.05, 0) is 132 Å². The Balaban J connectivity index is 1.12. The van der Waals surface area contributed by atoms with Crippen molar-refractivity contribution in [1.82, 2.24) is 10.2 Å². The van der Waals surface area contributed by atoms with E-state index in [1.165, 1.54) is 60.6 Å². The third kappa shape index (κ3) is 3.42. The molecule has 4 heteroatoms. The smallest absolute Gasteiger partial charge is 0.253 e. The fourth-order valence-electron chi connectivity index (χ4n) is 9.46. The molecule has 3 aromatic carbocycles. The molecular formula is C34H38N2O2. The molecule has 1 heterocycles. The van der Waals surface area contributed by atoms with Crippen molar-refractivity contribution in [2.75, 3.05) is 33.3 Å². The van der Waals surface area contributed by atoms with Crippen LogP contribution in [0.2, 0.25) is 0 Å². The van der Waals surface area contributed by atoms with Gasteiger partial charge in [-0.3, -0.25) is 4.79 Å². The number of methoxy groups -OCH3 is 1. The summed E-state index contributed by atoms with van der Waals surface area (Å²) in [5.41, 5.74) is 5.80. The van der Waals surface area contributed by atoms with E-state index in [1.807, 2.05) is 18.1 Å². The number of ether oxygens (including phenoxy) is 1. The van der Waals surface area contributed by atoms with E-state index in [1.54, 1.807) is 0 Å². The Bertz CT molecular complexity index is 1430. The average Bonchev–Trinajstić information content (AvgIpc) is 3.66. The monoisotopic (exact) mass is 506 g/mol. The van der Waals surface area contributed by atoms with Crippen molar-refractivity contribution < 1.29 is 9.53 Å². The third-order valence-corrected chi connectivity index (χ3v) is 11.2. The third-order valence-electron chi connectivity index (χ3n) is 11.2. The molecule has 8 rings (SSSR count). The molecule has 1 aliphatic heterocycles. The van der Waals surface area contributed by atoms with Gasteiger partial charge >= 0.3 is 0 Å². The molecule has 5 aliphatic rings. The van der Waals surface area contributed by atoms with Crippen LogP contribution in [-0.4, -0.2) is 44.1 Å². The lowest BCUT2D eigenvalue weighted by atomic mass is 9.59. The zero-order valence-corrected chi connectivity index (χ0v) is 22.5. The molecular weight excluding hydrogens is 468 g/mol. The van der Waals surface area contributed by atoms with Crippen molar-refractivity contribution in [3.05, 3.63) is 65.7 Å². The van der Waals surface area contributed by atoms with E-state index in [4.69, 9.17) is 4.74 Å². The minimum Gasteiger partial charge on any atom is -0.496 e. The highest BCUT2D eigenvalue weighted by Gasteiger charge is 2.71. The standard InChI is InChI=1S/C34H38N2O2/c1-38-31-8-7-26(16-30(31)33-17-22-13-28(19-33)34(18-22)21-29(34)20-33)24-3-4-25-15-27(6-5-23(25)14-24)32(37)36-11-2-9-35-10-12-36/h3-8,14-16,22,28-29,35H,2,9-13,17-21H2,1H3. The Morgan fingerprint density at radius 2 is 1.68 bits per heavy atom. The molecule has 1 spiro atoms. The first-order chi connectivity index (χ1) is 18.6. The fourth-order valence-corrected chi connectivity index (χ4v) is 9.46. The Hall–Kier alpha value is -2.85. The molecule has 4 saturated carbocycles. The predicted molar refractivity (Wildman–Crippen MR) is 152 cm³/mol. The maximum absolute atomic E-state index is 13.2. The molecule has 0 radical (unpaired) electrons. The number of carbonyl (C=O) groups excluding carboxylic acids is 1. The van der Waals surface area contributed by atoms with Crippen molar-refractivity contribution in [2.24, 2.45) is 23.2 Å². The molecule has 5 unspecified atom stereocenters. The lowest BCUT2D eigenvalue weighted by molar-refractivity contribution is 0.0766. The van der Waals surface area contributed by atoms with Gasteiger partial charge in [0.15, 0.2) is 0 Å². The molecule has 1 amide bonds. The summed E-state index contributed by atoms with van der Waals surface area (Å²) in [7, 11) is 1.84. The number of hydrogen-bond acceptors (Lipinski definition) is 3. The minimum atomic E-state index is 0.146. The van der Waals surface area contributed by atoms with Crippen LogP contribution in [0, 0.1) is 23.2 Å². The lowest BCUT2D eigenvalue weighted by Crippen LogP contribution is -2.38. The van der Waals surface area contributed by atoms with Gasteiger partial charge in [0.2, 0.25) is 0 Å². The summed E-state index contributed by atoms with van der Waals surface area (Å²) in [5, 5.41) is 5.69. The van der Waals surface area contributed by atoms with E-state index in [2.05, 4.69) is 53.8 Å². The van der Waals surface area contributed by atoms with Crippen LogP contribution in [0.15, 0.2) is 54.6 Å². The molecule has 0 aromatic heterocycles. The van der Waals surface area contributed by atoms with Gasteiger partial charge in [-0.25, -0.2) is 0 Å². The van der Waals surface area contributed by atoms with Crippen LogP contribution in [0.25, 0.3) is 21.9 Å². The van der Waals surface area contributed by atoms with Crippen LogP contribution < -0.4 is 10.1 Å². The number of nitrogens with one attached hydrogen (secondary N) is 1. The summed E-state index contributed by atoms with van der Waals surface area (Å²) in [6.45, 7) is 3.46. The normalized spacial score (nSPS) is 33.2. The van der Waals surface area contributed by atoms with Crippen molar-refractivity contribution in [3.63, 3.8) is 0 Å². The molecule has 5 fully saturated rings. The van der Waals surface area contributed by atoms with Gasteiger partial charge in [-0.1, -0.05) is 24.3 Å². The molecule has 4 nitrogen and oxygen atoms in total. The van der Waals surface area contributed by atoms with E-state index in [9.17, 15) is 4.79 Å². The van der Waals surface area contributed by atoms with E-state index in [0.29, 0.717) is 5.41 Å². The maximum Gasteiger partial charge on any atom is 0.253 e. The summed E-state index contributed by atoms with van der Waals surface area (Å²) in [5.74, 6) is 4.03. The van der Waals surface area contributed by atoms with Gasteiger partial charge in [0.25, 0.3) is 5.91 Å². The van der Waals surface area contributed by atoms with Crippen molar-refractivity contribution in [2.45, 2.75) is 50.4 Å². The number of benzene rings is 3. The second-order valence-corrected chi connectivity index (χ2v) is 13.1. The molecule has 38 heavy (non-hydrogen) atoms. The van der Waals surface area contributed by atoms with Crippen molar-refractivity contribution in [3.8, 4) is 16.9 Å². The van der Waals surface area contributed by atoms with Crippen molar-refractivity contribution >= 4 is 16.7 Å². The van der Waals surface area contributed by atoms with E-state index in [-0.39, 0.29) is 5.91 Å². The first-order valence-electron chi connectivity index (χ1n) is 14.8. The van der Waals surface area contributed by atoms with Gasteiger partial charge in [-0.2, -0.15) is 0 Å². The topological polar surface area (TPSA) is 41.6 Å². The number of carbonyl (C=O) groups is 1. The van der Waals surface area contributed by atoms with E-state index >= 15 is 0 Å². The number of nitrogens with zero attached hydrogens (tertiary/aromatic N) is 1. The molecule has 196 valence electrons. The second-order valence-electron chi connectivity index (χ2n) is 13.1. The molecule has 3 bridgehead atoms. The van der Waals surface area contributed by atoms with Crippen molar-refractivity contribution in [1.29, 1.82) is 0 Å². The van der Waals surface area contributed by atoms with Crippen LogP contribution in [0.3, 0.4) is 0 Å². The van der Waals surface area contributed by atoms with Crippen LogP contribution in [0.5, 0.6) is 5.75 Å². The summed E-state index contributed by atoms with van der Waals surface area (Å²) < 4.78 is 6.00. The van der Waals surface area contributed by atoms with Crippen LogP contribution in [0.4, 0.5) is 0 Å². The Kier molecular flexibility index (Phi) is 5.05. The summed E-state index contributed by atoms with van der Waals surface area (Å²) >= 11 is 0. The molecule has 1 saturated heterocycles. The Morgan fingerprint density at radius 3 is 2.61 bits per heavy atom. The SMILES string of the molecule is COc1ccc(-c2ccc3cc(C(=O)N4CCCNCC4)ccc3c2)cc1C12CC3CC(C1)C1(C3)CC1C2. The van der Waals surface area contributed by atoms with E-state index < -0.39 is 0 Å². The van der Waals surface area contributed by atoms with Crippen LogP contribution >= 0.6 is 0 Å². The molecule has 3 aromatic rings.